The second kappa shape index (κ2) is 4.80. The molecule has 1 rings (SSSR count). The first-order chi connectivity index (χ1) is 5.59. The molecule has 0 spiro atoms. The van der Waals surface area contributed by atoms with Crippen molar-refractivity contribution >= 4 is 22.6 Å². The number of hydrogen-bond acceptors (Lipinski definition) is 1. The van der Waals surface area contributed by atoms with E-state index in [1.165, 1.54) is 25.7 Å². The van der Waals surface area contributed by atoms with E-state index in [9.17, 15) is 0 Å². The molecule has 0 aliphatic heterocycles. The molecule has 0 aromatic carbocycles. The van der Waals surface area contributed by atoms with Crippen LogP contribution in [0, 0.1) is 17.8 Å². The van der Waals surface area contributed by atoms with E-state index in [1.54, 1.807) is 0 Å². The summed E-state index contributed by atoms with van der Waals surface area (Å²) in [5.41, 5.74) is 5.71. The lowest BCUT2D eigenvalue weighted by atomic mass is 9.69. The SMILES string of the molecule is CC1CC(C(C)CCC(N)I)C1. The molecule has 0 aromatic heterocycles. The van der Waals surface area contributed by atoms with Crippen LogP contribution in [0.3, 0.4) is 0 Å². The molecule has 1 saturated carbocycles. The number of alkyl halides is 1. The van der Waals surface area contributed by atoms with Crippen LogP contribution in [0.4, 0.5) is 0 Å². The molecular weight excluding hydrogens is 261 g/mol. The van der Waals surface area contributed by atoms with E-state index in [2.05, 4.69) is 36.4 Å². The smallest absolute Gasteiger partial charge is 0.0568 e. The fraction of sp³-hybridized carbons (Fsp3) is 1.00. The van der Waals surface area contributed by atoms with Crippen molar-refractivity contribution in [2.45, 2.75) is 43.6 Å². The van der Waals surface area contributed by atoms with E-state index in [4.69, 9.17) is 5.73 Å². The van der Waals surface area contributed by atoms with Crippen LogP contribution in [-0.4, -0.2) is 4.05 Å². The lowest BCUT2D eigenvalue weighted by molar-refractivity contribution is 0.139. The molecule has 1 aliphatic carbocycles. The molecule has 0 heterocycles. The minimum absolute atomic E-state index is 0.363. The van der Waals surface area contributed by atoms with Crippen molar-refractivity contribution < 1.29 is 0 Å². The molecule has 0 saturated heterocycles. The van der Waals surface area contributed by atoms with Crippen molar-refractivity contribution in [2.24, 2.45) is 23.5 Å². The fourth-order valence-corrected chi connectivity index (χ4v) is 2.45. The van der Waals surface area contributed by atoms with Crippen LogP contribution in [0.2, 0.25) is 0 Å². The Balaban J connectivity index is 2.08. The first-order valence-electron chi connectivity index (χ1n) is 4.99. The summed E-state index contributed by atoms with van der Waals surface area (Å²) in [4.78, 5) is 0. The van der Waals surface area contributed by atoms with Gasteiger partial charge in [-0.05, 0) is 43.4 Å². The quantitative estimate of drug-likeness (QED) is 0.478. The number of nitrogens with two attached hydrogens (primary N) is 1. The van der Waals surface area contributed by atoms with Gasteiger partial charge in [-0.2, -0.15) is 0 Å². The number of halogens is 1. The van der Waals surface area contributed by atoms with Crippen molar-refractivity contribution in [3.05, 3.63) is 0 Å². The molecule has 1 fully saturated rings. The van der Waals surface area contributed by atoms with Gasteiger partial charge in [-0.25, -0.2) is 0 Å². The Morgan fingerprint density at radius 1 is 1.42 bits per heavy atom. The van der Waals surface area contributed by atoms with Gasteiger partial charge in [0.2, 0.25) is 0 Å². The third kappa shape index (κ3) is 3.21. The molecule has 12 heavy (non-hydrogen) atoms. The normalized spacial score (nSPS) is 34.0. The third-order valence-electron chi connectivity index (χ3n) is 3.11. The van der Waals surface area contributed by atoms with Crippen LogP contribution in [0.15, 0.2) is 0 Å². The second-order valence-corrected chi connectivity index (χ2v) is 6.01. The van der Waals surface area contributed by atoms with Gasteiger partial charge >= 0.3 is 0 Å². The maximum atomic E-state index is 5.71. The Kier molecular flexibility index (Phi) is 4.30. The van der Waals surface area contributed by atoms with Crippen molar-refractivity contribution in [1.29, 1.82) is 0 Å². The molecule has 0 aromatic rings. The summed E-state index contributed by atoms with van der Waals surface area (Å²) < 4.78 is 0.363. The van der Waals surface area contributed by atoms with Gasteiger partial charge in [-0.1, -0.05) is 36.4 Å². The van der Waals surface area contributed by atoms with Crippen molar-refractivity contribution in [3.8, 4) is 0 Å². The standard InChI is InChI=1S/C10H20IN/c1-7-5-9(6-7)8(2)3-4-10(11)12/h7-10H,3-6,12H2,1-2H3. The Morgan fingerprint density at radius 2 is 2.00 bits per heavy atom. The second-order valence-electron chi connectivity index (χ2n) is 4.41. The molecule has 1 aliphatic rings. The summed E-state index contributed by atoms with van der Waals surface area (Å²) in [5.74, 6) is 2.91. The highest BCUT2D eigenvalue weighted by Gasteiger charge is 2.29. The predicted octanol–water partition coefficient (Wildman–Crippen LogP) is 3.17. The average Bonchev–Trinajstić information content (AvgIpc) is 1.94. The van der Waals surface area contributed by atoms with Gasteiger partial charge < -0.3 is 5.73 Å². The van der Waals surface area contributed by atoms with Gasteiger partial charge in [-0.3, -0.25) is 0 Å². The molecule has 2 unspecified atom stereocenters. The Morgan fingerprint density at radius 3 is 2.42 bits per heavy atom. The minimum Gasteiger partial charge on any atom is -0.320 e. The summed E-state index contributed by atoms with van der Waals surface area (Å²) in [6, 6.07) is 0. The first kappa shape index (κ1) is 10.8. The van der Waals surface area contributed by atoms with Crippen LogP contribution >= 0.6 is 22.6 Å². The van der Waals surface area contributed by atoms with Gasteiger partial charge in [-0.15, -0.1) is 0 Å². The van der Waals surface area contributed by atoms with Crippen LogP contribution in [0.5, 0.6) is 0 Å². The minimum atomic E-state index is 0.363. The average molecular weight is 281 g/mol. The molecule has 2 atom stereocenters. The van der Waals surface area contributed by atoms with Gasteiger partial charge in [0.25, 0.3) is 0 Å². The van der Waals surface area contributed by atoms with Gasteiger partial charge in [0.15, 0.2) is 0 Å². The summed E-state index contributed by atoms with van der Waals surface area (Å²) in [5, 5.41) is 0. The zero-order valence-electron chi connectivity index (χ0n) is 8.09. The summed E-state index contributed by atoms with van der Waals surface area (Å²) in [6.07, 6.45) is 5.42. The Bertz CT molecular complexity index is 130. The number of hydrogen-bond donors (Lipinski definition) is 1. The lowest BCUT2D eigenvalue weighted by Crippen LogP contribution is -2.27. The Hall–Kier alpha value is 0.690. The zero-order chi connectivity index (χ0) is 9.14. The van der Waals surface area contributed by atoms with Crippen LogP contribution in [0.1, 0.15) is 39.5 Å². The van der Waals surface area contributed by atoms with E-state index >= 15 is 0 Å². The van der Waals surface area contributed by atoms with Gasteiger partial charge in [0.05, 0.1) is 4.05 Å². The first-order valence-corrected chi connectivity index (χ1v) is 6.23. The number of rotatable bonds is 4. The highest BCUT2D eigenvalue weighted by molar-refractivity contribution is 14.1. The van der Waals surface area contributed by atoms with E-state index in [-0.39, 0.29) is 0 Å². The largest absolute Gasteiger partial charge is 0.320 e. The molecule has 2 N–H and O–H groups in total. The van der Waals surface area contributed by atoms with Gasteiger partial charge in [0, 0.05) is 0 Å². The molecule has 0 bridgehead atoms. The van der Waals surface area contributed by atoms with E-state index < -0.39 is 0 Å². The third-order valence-corrected chi connectivity index (χ3v) is 3.74. The van der Waals surface area contributed by atoms with E-state index in [1.807, 2.05) is 0 Å². The lowest BCUT2D eigenvalue weighted by Gasteiger charge is -2.37. The topological polar surface area (TPSA) is 26.0 Å². The molecule has 2 heteroatoms. The Labute approximate surface area is 89.6 Å². The maximum Gasteiger partial charge on any atom is 0.0568 e. The molecule has 0 amide bonds. The summed E-state index contributed by atoms with van der Waals surface area (Å²) in [6.45, 7) is 4.74. The fourth-order valence-electron chi connectivity index (χ4n) is 2.09. The highest BCUT2D eigenvalue weighted by Crippen LogP contribution is 2.40. The van der Waals surface area contributed by atoms with Crippen LogP contribution in [0.25, 0.3) is 0 Å². The van der Waals surface area contributed by atoms with Crippen LogP contribution in [-0.2, 0) is 0 Å². The summed E-state index contributed by atoms with van der Waals surface area (Å²) >= 11 is 2.31. The van der Waals surface area contributed by atoms with Crippen molar-refractivity contribution in [2.75, 3.05) is 0 Å². The van der Waals surface area contributed by atoms with Crippen molar-refractivity contribution in [3.63, 3.8) is 0 Å². The zero-order valence-corrected chi connectivity index (χ0v) is 10.3. The summed E-state index contributed by atoms with van der Waals surface area (Å²) in [7, 11) is 0. The van der Waals surface area contributed by atoms with Crippen molar-refractivity contribution in [1.82, 2.24) is 0 Å². The monoisotopic (exact) mass is 281 g/mol. The molecule has 1 nitrogen and oxygen atoms in total. The molecular formula is C10H20IN. The van der Waals surface area contributed by atoms with Gasteiger partial charge in [0.1, 0.15) is 0 Å². The van der Waals surface area contributed by atoms with E-state index in [0.717, 1.165) is 17.8 Å². The maximum absolute atomic E-state index is 5.71. The van der Waals surface area contributed by atoms with E-state index in [0.29, 0.717) is 4.05 Å². The van der Waals surface area contributed by atoms with Crippen LogP contribution < -0.4 is 5.73 Å². The molecule has 0 radical (unpaired) electrons. The molecule has 72 valence electrons. The predicted molar refractivity (Wildman–Crippen MR) is 62.3 cm³/mol. The highest BCUT2D eigenvalue weighted by atomic mass is 127.